The molecular weight excluding hydrogens is 272 g/mol. The minimum atomic E-state index is 1.04. The summed E-state index contributed by atoms with van der Waals surface area (Å²) in [6, 6.07) is 0. The number of thiazole rings is 1. The molecule has 0 N–H and O–H groups in total. The maximum absolute atomic E-state index is 4.68. The number of nitrogens with zero attached hydrogens (tertiary/aromatic N) is 2. The number of hydrogen-bond donors (Lipinski definition) is 0. The normalized spacial score (nSPS) is 17.1. The van der Waals surface area contributed by atoms with E-state index in [1.165, 1.54) is 48.1 Å². The summed E-state index contributed by atoms with van der Waals surface area (Å²) in [5, 5.41) is 2.28. The summed E-state index contributed by atoms with van der Waals surface area (Å²) in [6.45, 7) is 4.52. The van der Waals surface area contributed by atoms with E-state index in [0.29, 0.717) is 0 Å². The first-order chi connectivity index (χ1) is 7.31. The molecule has 0 saturated carbocycles. The van der Waals surface area contributed by atoms with Crippen LogP contribution in [0.2, 0.25) is 0 Å². The third kappa shape index (κ3) is 2.72. The molecule has 84 valence electrons. The van der Waals surface area contributed by atoms with Crippen molar-refractivity contribution >= 4 is 32.4 Å². The second-order valence-corrected chi connectivity index (χ2v) is 5.85. The maximum Gasteiger partial charge on any atom is 0.185 e. The Morgan fingerprint density at radius 3 is 2.73 bits per heavy atom. The highest BCUT2D eigenvalue weighted by Gasteiger charge is 2.15. The second kappa shape index (κ2) is 5.30. The van der Waals surface area contributed by atoms with Gasteiger partial charge in [-0.15, -0.1) is 11.3 Å². The summed E-state index contributed by atoms with van der Waals surface area (Å²) in [6.07, 6.45) is 5.14. The Labute approximate surface area is 104 Å². The van der Waals surface area contributed by atoms with Crippen molar-refractivity contribution in [3.8, 4) is 0 Å². The lowest BCUT2D eigenvalue weighted by Gasteiger charge is -2.25. The molecule has 1 aromatic heterocycles. The van der Waals surface area contributed by atoms with E-state index in [9.17, 15) is 0 Å². The quantitative estimate of drug-likeness (QED) is 0.793. The van der Waals surface area contributed by atoms with Gasteiger partial charge in [-0.05, 0) is 32.6 Å². The van der Waals surface area contributed by atoms with Crippen molar-refractivity contribution in [2.45, 2.75) is 32.6 Å². The van der Waals surface area contributed by atoms with Gasteiger partial charge in [0, 0.05) is 23.3 Å². The molecule has 1 aromatic rings. The minimum absolute atomic E-state index is 1.04. The monoisotopic (exact) mass is 288 g/mol. The number of hydrogen-bond acceptors (Lipinski definition) is 3. The Morgan fingerprint density at radius 1 is 1.33 bits per heavy atom. The third-order valence-electron chi connectivity index (χ3n) is 2.83. The van der Waals surface area contributed by atoms with Gasteiger partial charge in [-0.1, -0.05) is 15.9 Å². The van der Waals surface area contributed by atoms with Gasteiger partial charge in [-0.2, -0.15) is 0 Å². The first-order valence-electron chi connectivity index (χ1n) is 5.58. The highest BCUT2D eigenvalue weighted by atomic mass is 79.9. The van der Waals surface area contributed by atoms with Crippen molar-refractivity contribution in [3.05, 3.63) is 10.6 Å². The molecule has 2 nitrogen and oxygen atoms in total. The zero-order chi connectivity index (χ0) is 10.7. The fourth-order valence-electron chi connectivity index (χ4n) is 1.95. The molecule has 1 saturated heterocycles. The predicted octanol–water partition coefficient (Wildman–Crippen LogP) is 3.38. The van der Waals surface area contributed by atoms with Crippen LogP contribution in [0.15, 0.2) is 0 Å². The van der Waals surface area contributed by atoms with Crippen molar-refractivity contribution in [1.82, 2.24) is 4.98 Å². The summed E-state index contributed by atoms with van der Waals surface area (Å²) in [5.41, 5.74) is 1.22. The molecule has 0 spiro atoms. The second-order valence-electron chi connectivity index (χ2n) is 3.99. The molecule has 15 heavy (non-hydrogen) atoms. The van der Waals surface area contributed by atoms with E-state index in [1.54, 1.807) is 0 Å². The fraction of sp³-hybridized carbons (Fsp3) is 0.727. The first kappa shape index (κ1) is 11.4. The summed E-state index contributed by atoms with van der Waals surface area (Å²) >= 11 is 5.37. The van der Waals surface area contributed by atoms with E-state index in [1.807, 2.05) is 11.3 Å². The van der Waals surface area contributed by atoms with Crippen LogP contribution in [0.25, 0.3) is 0 Å². The molecular formula is C11H17BrN2S. The van der Waals surface area contributed by atoms with Gasteiger partial charge >= 0.3 is 0 Å². The van der Waals surface area contributed by atoms with Gasteiger partial charge in [0.25, 0.3) is 0 Å². The van der Waals surface area contributed by atoms with E-state index in [-0.39, 0.29) is 0 Å². The number of rotatable bonds is 3. The number of alkyl halides is 1. The molecule has 1 fully saturated rings. The number of aromatic nitrogens is 1. The minimum Gasteiger partial charge on any atom is -0.348 e. The average Bonchev–Trinajstić information content (AvgIpc) is 2.63. The van der Waals surface area contributed by atoms with Crippen LogP contribution in [0.4, 0.5) is 5.13 Å². The van der Waals surface area contributed by atoms with Crippen molar-refractivity contribution in [1.29, 1.82) is 0 Å². The van der Waals surface area contributed by atoms with Gasteiger partial charge in [0.2, 0.25) is 0 Å². The van der Waals surface area contributed by atoms with Crippen LogP contribution in [-0.2, 0) is 6.42 Å². The molecule has 1 aliphatic heterocycles. The third-order valence-corrected chi connectivity index (χ3v) is 4.50. The van der Waals surface area contributed by atoms with Gasteiger partial charge in [0.05, 0.1) is 5.69 Å². The standard InChI is InChI=1S/C11H17BrN2S/c1-9-10(5-6-12)15-11(13-9)14-7-3-2-4-8-14/h2-8H2,1H3. The molecule has 0 aliphatic carbocycles. The lowest BCUT2D eigenvalue weighted by Crippen LogP contribution is -2.29. The van der Waals surface area contributed by atoms with Gasteiger partial charge in [0.1, 0.15) is 0 Å². The number of piperidine rings is 1. The fourth-order valence-corrected chi connectivity index (χ4v) is 3.72. The van der Waals surface area contributed by atoms with Gasteiger partial charge in [0.15, 0.2) is 5.13 Å². The van der Waals surface area contributed by atoms with E-state index >= 15 is 0 Å². The van der Waals surface area contributed by atoms with Crippen LogP contribution in [0.3, 0.4) is 0 Å². The highest BCUT2D eigenvalue weighted by molar-refractivity contribution is 9.09. The van der Waals surface area contributed by atoms with E-state index in [0.717, 1.165) is 11.8 Å². The zero-order valence-electron chi connectivity index (χ0n) is 9.13. The Balaban J connectivity index is 2.10. The maximum atomic E-state index is 4.68. The number of halogens is 1. The van der Waals surface area contributed by atoms with Crippen LogP contribution in [0.1, 0.15) is 29.8 Å². The Hall–Kier alpha value is -0.0900. The van der Waals surface area contributed by atoms with E-state index in [2.05, 4.69) is 32.7 Å². The van der Waals surface area contributed by atoms with Gasteiger partial charge in [-0.25, -0.2) is 4.98 Å². The van der Waals surface area contributed by atoms with Gasteiger partial charge < -0.3 is 4.90 Å². The molecule has 0 aromatic carbocycles. The molecule has 0 amide bonds. The topological polar surface area (TPSA) is 16.1 Å². The largest absolute Gasteiger partial charge is 0.348 e. The summed E-state index contributed by atoms with van der Waals surface area (Å²) in [5.74, 6) is 0. The Morgan fingerprint density at radius 2 is 2.07 bits per heavy atom. The molecule has 0 radical (unpaired) electrons. The van der Waals surface area contributed by atoms with Crippen LogP contribution >= 0.6 is 27.3 Å². The molecule has 2 rings (SSSR count). The Bertz CT molecular complexity index is 318. The average molecular weight is 289 g/mol. The molecule has 0 atom stereocenters. The van der Waals surface area contributed by atoms with Crippen LogP contribution in [0.5, 0.6) is 0 Å². The molecule has 2 heterocycles. The van der Waals surface area contributed by atoms with Crippen molar-refractivity contribution in [2.24, 2.45) is 0 Å². The van der Waals surface area contributed by atoms with E-state index < -0.39 is 0 Å². The van der Waals surface area contributed by atoms with Gasteiger partial charge in [-0.3, -0.25) is 0 Å². The SMILES string of the molecule is Cc1nc(N2CCCCC2)sc1CCBr. The predicted molar refractivity (Wildman–Crippen MR) is 70.4 cm³/mol. The highest BCUT2D eigenvalue weighted by Crippen LogP contribution is 2.28. The molecule has 0 bridgehead atoms. The molecule has 1 aliphatic rings. The van der Waals surface area contributed by atoms with Crippen LogP contribution in [-0.4, -0.2) is 23.4 Å². The molecule has 4 heteroatoms. The van der Waals surface area contributed by atoms with Crippen molar-refractivity contribution < 1.29 is 0 Å². The molecule has 0 unspecified atom stereocenters. The summed E-state index contributed by atoms with van der Waals surface area (Å²) < 4.78 is 0. The lowest BCUT2D eigenvalue weighted by molar-refractivity contribution is 0.576. The summed E-state index contributed by atoms with van der Waals surface area (Å²) in [4.78, 5) is 8.56. The van der Waals surface area contributed by atoms with Crippen LogP contribution in [0, 0.1) is 6.92 Å². The Kier molecular flexibility index (Phi) is 4.03. The smallest absolute Gasteiger partial charge is 0.185 e. The summed E-state index contributed by atoms with van der Waals surface area (Å²) in [7, 11) is 0. The van der Waals surface area contributed by atoms with Crippen LogP contribution < -0.4 is 4.90 Å². The number of aryl methyl sites for hydroxylation is 2. The first-order valence-corrected chi connectivity index (χ1v) is 7.52. The van der Waals surface area contributed by atoms with Crippen molar-refractivity contribution in [3.63, 3.8) is 0 Å². The number of anilines is 1. The lowest BCUT2D eigenvalue weighted by atomic mass is 10.1. The van der Waals surface area contributed by atoms with Crippen molar-refractivity contribution in [2.75, 3.05) is 23.3 Å². The zero-order valence-corrected chi connectivity index (χ0v) is 11.5. The van der Waals surface area contributed by atoms with E-state index in [4.69, 9.17) is 0 Å².